The smallest absolute Gasteiger partial charge is 0.273 e. The van der Waals surface area contributed by atoms with Crippen LogP contribution in [0, 0.1) is 4.91 Å². The number of rotatable bonds is 1. The van der Waals surface area contributed by atoms with E-state index in [1.54, 1.807) is 10.6 Å². The van der Waals surface area contributed by atoms with Crippen molar-refractivity contribution in [1.29, 1.82) is 0 Å². The summed E-state index contributed by atoms with van der Waals surface area (Å²) in [7, 11) is 0. The second-order valence-electron chi connectivity index (χ2n) is 5.87. The molecular formula is C18H17N5O3. The fourth-order valence-electron chi connectivity index (χ4n) is 2.89. The Bertz CT molecular complexity index is 996. The van der Waals surface area contributed by atoms with Gasteiger partial charge in [-0.3, -0.25) is 0 Å². The normalized spacial score (nSPS) is 15.5. The first-order valence-electron chi connectivity index (χ1n) is 8.24. The summed E-state index contributed by atoms with van der Waals surface area (Å²) < 4.78 is 13.1. The summed E-state index contributed by atoms with van der Waals surface area (Å²) in [5.74, 6) is 1.40. The van der Waals surface area contributed by atoms with Crippen LogP contribution in [0.15, 0.2) is 47.7 Å². The second-order valence-corrected chi connectivity index (χ2v) is 5.87. The maximum absolute atomic E-state index is 11.3. The zero-order chi connectivity index (χ0) is 17.9. The standard InChI is InChI=1S/C18H17N5O3/c19-17-16-14-10-15(20-17)26-8-3-1-2-7-25-13-6-4-5-12(9-13)11-23(14)18(21-16)22-24/h1-2,4-6,9-10H,3,7-8,11H2,(H2,19,20)/b2-1+. The molecule has 26 heavy (non-hydrogen) atoms. The fraction of sp³-hybridized carbons (Fsp3) is 0.222. The molecule has 0 aliphatic carbocycles. The Hall–Kier alpha value is -3.42. The second kappa shape index (κ2) is 6.83. The van der Waals surface area contributed by atoms with Crippen LogP contribution < -0.4 is 15.2 Å². The van der Waals surface area contributed by atoms with E-state index in [1.165, 1.54) is 0 Å². The van der Waals surface area contributed by atoms with Crippen molar-refractivity contribution < 1.29 is 9.47 Å². The molecule has 1 aliphatic heterocycles. The van der Waals surface area contributed by atoms with Gasteiger partial charge in [-0.1, -0.05) is 24.3 Å². The lowest BCUT2D eigenvalue weighted by Crippen LogP contribution is -2.03. The third kappa shape index (κ3) is 3.08. The lowest BCUT2D eigenvalue weighted by atomic mass is 10.2. The molecule has 0 unspecified atom stereocenters. The number of ether oxygens (including phenoxy) is 2. The topological polar surface area (TPSA) is 105 Å². The van der Waals surface area contributed by atoms with Crippen molar-refractivity contribution in [3.63, 3.8) is 0 Å². The third-order valence-electron chi connectivity index (χ3n) is 4.09. The number of nitroso groups, excluding NO2 is 1. The average molecular weight is 351 g/mol. The number of nitrogens with two attached hydrogens (primary N) is 1. The van der Waals surface area contributed by atoms with E-state index < -0.39 is 0 Å². The van der Waals surface area contributed by atoms with Crippen LogP contribution >= 0.6 is 0 Å². The first-order valence-corrected chi connectivity index (χ1v) is 8.24. The Morgan fingerprint density at radius 2 is 2.08 bits per heavy atom. The maximum Gasteiger partial charge on any atom is 0.273 e. The van der Waals surface area contributed by atoms with Gasteiger partial charge >= 0.3 is 0 Å². The molecule has 8 heteroatoms. The molecule has 3 aromatic rings. The molecule has 0 saturated carbocycles. The van der Waals surface area contributed by atoms with Gasteiger partial charge in [0.25, 0.3) is 5.95 Å². The Balaban J connectivity index is 1.86. The van der Waals surface area contributed by atoms with E-state index in [9.17, 15) is 4.91 Å². The van der Waals surface area contributed by atoms with Crippen LogP contribution in [-0.2, 0) is 6.54 Å². The highest BCUT2D eigenvalue weighted by molar-refractivity contribution is 5.88. The highest BCUT2D eigenvalue weighted by Gasteiger charge is 2.17. The van der Waals surface area contributed by atoms with Gasteiger partial charge in [0, 0.05) is 11.2 Å². The molecule has 0 saturated heterocycles. The highest BCUT2D eigenvalue weighted by atomic mass is 16.5. The molecule has 3 heterocycles. The van der Waals surface area contributed by atoms with Crippen molar-refractivity contribution in [3.8, 4) is 11.6 Å². The average Bonchev–Trinajstić information content (AvgIpc) is 2.99. The lowest BCUT2D eigenvalue weighted by Gasteiger charge is -2.09. The number of pyridine rings is 1. The zero-order valence-electron chi connectivity index (χ0n) is 14.0. The molecule has 2 aromatic heterocycles. The number of hydrogen-bond acceptors (Lipinski definition) is 7. The predicted octanol–water partition coefficient (Wildman–Crippen LogP) is 3.18. The van der Waals surface area contributed by atoms with Crippen LogP contribution in [0.3, 0.4) is 0 Å². The Morgan fingerprint density at radius 1 is 1.15 bits per heavy atom. The summed E-state index contributed by atoms with van der Waals surface area (Å²) in [4.78, 5) is 19.7. The van der Waals surface area contributed by atoms with E-state index >= 15 is 0 Å². The number of anilines is 1. The summed E-state index contributed by atoms with van der Waals surface area (Å²) in [6.45, 7) is 1.32. The maximum atomic E-state index is 11.3. The van der Waals surface area contributed by atoms with Crippen molar-refractivity contribution in [2.24, 2.45) is 5.18 Å². The monoisotopic (exact) mass is 351 g/mol. The minimum Gasteiger partial charge on any atom is -0.490 e. The third-order valence-corrected chi connectivity index (χ3v) is 4.09. The molecule has 0 spiro atoms. The molecule has 0 amide bonds. The van der Waals surface area contributed by atoms with Crippen molar-refractivity contribution in [2.75, 3.05) is 18.9 Å². The summed E-state index contributed by atoms with van der Waals surface area (Å²) >= 11 is 0. The zero-order valence-corrected chi connectivity index (χ0v) is 14.0. The van der Waals surface area contributed by atoms with Crippen molar-refractivity contribution in [1.82, 2.24) is 14.5 Å². The van der Waals surface area contributed by atoms with Crippen LogP contribution in [-0.4, -0.2) is 27.7 Å². The lowest BCUT2D eigenvalue weighted by molar-refractivity contribution is 0.312. The Kier molecular flexibility index (Phi) is 4.22. The van der Waals surface area contributed by atoms with Gasteiger partial charge < -0.3 is 19.8 Å². The molecule has 1 aliphatic rings. The van der Waals surface area contributed by atoms with E-state index in [-0.39, 0.29) is 11.8 Å². The fourth-order valence-corrected chi connectivity index (χ4v) is 2.89. The van der Waals surface area contributed by atoms with Crippen LogP contribution in [0.4, 0.5) is 11.8 Å². The molecular weight excluding hydrogens is 334 g/mol. The van der Waals surface area contributed by atoms with Gasteiger partial charge in [-0.05, 0) is 24.1 Å². The Labute approximate surface area is 149 Å². The van der Waals surface area contributed by atoms with Gasteiger partial charge in [0.15, 0.2) is 5.82 Å². The van der Waals surface area contributed by atoms with Crippen LogP contribution in [0.5, 0.6) is 11.6 Å². The molecule has 4 rings (SSSR count). The number of imidazole rings is 1. The summed E-state index contributed by atoms with van der Waals surface area (Å²) in [6.07, 6.45) is 4.65. The van der Waals surface area contributed by atoms with Crippen LogP contribution in [0.25, 0.3) is 11.0 Å². The van der Waals surface area contributed by atoms with Crippen molar-refractivity contribution in [2.45, 2.75) is 13.0 Å². The largest absolute Gasteiger partial charge is 0.490 e. The first-order chi connectivity index (χ1) is 12.7. The minimum absolute atomic E-state index is 0.0444. The number of nitrogens with zero attached hydrogens (tertiary/aromatic N) is 4. The molecule has 132 valence electrons. The van der Waals surface area contributed by atoms with E-state index in [0.717, 1.165) is 11.3 Å². The van der Waals surface area contributed by atoms with Gasteiger partial charge in [-0.25, -0.2) is 4.98 Å². The Morgan fingerprint density at radius 3 is 2.96 bits per heavy atom. The van der Waals surface area contributed by atoms with Gasteiger partial charge in [0.05, 0.1) is 18.7 Å². The van der Waals surface area contributed by atoms with Crippen molar-refractivity contribution in [3.05, 3.63) is 53.0 Å². The number of aromatic nitrogens is 3. The van der Waals surface area contributed by atoms with E-state index in [1.807, 2.05) is 36.4 Å². The van der Waals surface area contributed by atoms with Gasteiger partial charge in [-0.2, -0.15) is 4.98 Å². The molecule has 1 aromatic carbocycles. The molecule has 8 nitrogen and oxygen atoms in total. The van der Waals surface area contributed by atoms with Crippen LogP contribution in [0.1, 0.15) is 12.0 Å². The van der Waals surface area contributed by atoms with E-state index in [0.29, 0.717) is 43.1 Å². The number of benzene rings is 1. The predicted molar refractivity (Wildman–Crippen MR) is 97.7 cm³/mol. The van der Waals surface area contributed by atoms with Crippen LogP contribution in [0.2, 0.25) is 0 Å². The van der Waals surface area contributed by atoms with Crippen molar-refractivity contribution >= 4 is 22.8 Å². The van der Waals surface area contributed by atoms with Gasteiger partial charge in [-0.15, -0.1) is 4.91 Å². The van der Waals surface area contributed by atoms with Gasteiger partial charge in [0.2, 0.25) is 5.88 Å². The summed E-state index contributed by atoms with van der Waals surface area (Å²) in [5, 5.41) is 3.04. The highest BCUT2D eigenvalue weighted by Crippen LogP contribution is 2.29. The van der Waals surface area contributed by atoms with Gasteiger partial charge in [0.1, 0.15) is 17.9 Å². The summed E-state index contributed by atoms with van der Waals surface area (Å²) in [6, 6.07) is 9.41. The molecule has 0 atom stereocenters. The molecule has 0 fully saturated rings. The number of hydrogen-bond donors (Lipinski definition) is 1. The summed E-state index contributed by atoms with van der Waals surface area (Å²) in [5.41, 5.74) is 8.04. The SMILES string of the molecule is Nc1nc2cc3c1nc(N=O)n3Cc1cccc(c1)OC/C=C/CCO2. The van der Waals surface area contributed by atoms with E-state index in [4.69, 9.17) is 15.2 Å². The number of fused-ring (bicyclic) bond motifs is 3. The molecule has 4 bridgehead atoms. The molecule has 2 N–H and O–H groups in total. The first kappa shape index (κ1) is 16.1. The number of nitrogen functional groups attached to an aromatic ring is 1. The quantitative estimate of drug-likeness (QED) is 0.533. The van der Waals surface area contributed by atoms with E-state index in [2.05, 4.69) is 15.1 Å². The minimum atomic E-state index is 0.0444. The molecule has 0 radical (unpaired) electrons.